The molecule has 3 N–H and O–H groups in total. The number of hydrogen-bond donors (Lipinski definition) is 2. The van der Waals surface area contributed by atoms with Crippen molar-refractivity contribution in [3.05, 3.63) is 18.2 Å². The number of rotatable bonds is 4. The van der Waals surface area contributed by atoms with Gasteiger partial charge in [-0.05, 0) is 25.0 Å². The Labute approximate surface area is 124 Å². The third-order valence-electron chi connectivity index (χ3n) is 3.56. The standard InChI is InChI=1S/C13H19N3O4S/c1-15-13(17)11-4-3-7-16(11)21(18,19)9-5-6-10(14)12(8-9)20-2/h5-6,8,11H,3-4,7,14H2,1-2H3,(H,15,17). The molecule has 0 spiro atoms. The molecule has 7 nitrogen and oxygen atoms in total. The Kier molecular flexibility index (Phi) is 4.38. The van der Waals surface area contributed by atoms with E-state index in [4.69, 9.17) is 10.5 Å². The number of anilines is 1. The van der Waals surface area contributed by atoms with Crippen molar-refractivity contribution in [3.8, 4) is 5.75 Å². The lowest BCUT2D eigenvalue weighted by Crippen LogP contribution is -2.44. The summed E-state index contributed by atoms with van der Waals surface area (Å²) in [6, 6.07) is 3.62. The molecule has 1 unspecified atom stereocenters. The molecule has 116 valence electrons. The molecule has 0 aromatic heterocycles. The summed E-state index contributed by atoms with van der Waals surface area (Å²) in [6.45, 7) is 0.326. The molecule has 21 heavy (non-hydrogen) atoms. The first-order valence-corrected chi connectivity index (χ1v) is 8.02. The number of nitrogens with one attached hydrogen (secondary N) is 1. The highest BCUT2D eigenvalue weighted by Gasteiger charge is 2.39. The zero-order valence-corrected chi connectivity index (χ0v) is 12.8. The molecule has 1 fully saturated rings. The Morgan fingerprint density at radius 1 is 1.48 bits per heavy atom. The summed E-state index contributed by atoms with van der Waals surface area (Å²) < 4.78 is 31.7. The first-order chi connectivity index (χ1) is 9.91. The maximum absolute atomic E-state index is 12.7. The van der Waals surface area contributed by atoms with Crippen LogP contribution in [-0.2, 0) is 14.8 Å². The van der Waals surface area contributed by atoms with E-state index < -0.39 is 16.1 Å². The monoisotopic (exact) mass is 313 g/mol. The zero-order valence-electron chi connectivity index (χ0n) is 12.0. The lowest BCUT2D eigenvalue weighted by molar-refractivity contribution is -0.123. The number of nitrogen functional groups attached to an aromatic ring is 1. The molecule has 1 atom stereocenters. The van der Waals surface area contributed by atoms with Gasteiger partial charge in [0.15, 0.2) is 0 Å². The smallest absolute Gasteiger partial charge is 0.243 e. The molecule has 0 saturated carbocycles. The summed E-state index contributed by atoms with van der Waals surface area (Å²) in [5.41, 5.74) is 6.06. The van der Waals surface area contributed by atoms with Crippen molar-refractivity contribution < 1.29 is 17.9 Å². The molecule has 2 rings (SSSR count). The van der Waals surface area contributed by atoms with E-state index >= 15 is 0 Å². The van der Waals surface area contributed by atoms with Crippen LogP contribution in [-0.4, -0.2) is 45.4 Å². The number of hydrogen-bond acceptors (Lipinski definition) is 5. The second kappa shape index (κ2) is 5.90. The van der Waals surface area contributed by atoms with Gasteiger partial charge in [0, 0.05) is 19.7 Å². The minimum atomic E-state index is -3.76. The zero-order chi connectivity index (χ0) is 15.6. The molecule has 0 radical (unpaired) electrons. The van der Waals surface area contributed by atoms with E-state index in [2.05, 4.69) is 5.32 Å². The van der Waals surface area contributed by atoms with Crippen LogP contribution in [0.2, 0.25) is 0 Å². The SMILES string of the molecule is CNC(=O)C1CCCN1S(=O)(=O)c1ccc(N)c(OC)c1. The summed E-state index contributed by atoms with van der Waals surface area (Å²) in [5.74, 6) is 0.00486. The minimum Gasteiger partial charge on any atom is -0.495 e. The molecule has 1 aromatic rings. The van der Waals surface area contributed by atoms with Gasteiger partial charge in [-0.25, -0.2) is 8.42 Å². The summed E-state index contributed by atoms with van der Waals surface area (Å²) in [6.07, 6.45) is 1.18. The number of methoxy groups -OCH3 is 1. The second-order valence-corrected chi connectivity index (χ2v) is 6.68. The average Bonchev–Trinajstić information content (AvgIpc) is 2.97. The molecular formula is C13H19N3O4S. The van der Waals surface area contributed by atoms with Crippen LogP contribution in [0.25, 0.3) is 0 Å². The Bertz CT molecular complexity index is 645. The van der Waals surface area contributed by atoms with Crippen LogP contribution >= 0.6 is 0 Å². The van der Waals surface area contributed by atoms with Crippen molar-refractivity contribution in [2.75, 3.05) is 26.4 Å². The lowest BCUT2D eigenvalue weighted by atomic mass is 10.2. The summed E-state index contributed by atoms with van der Waals surface area (Å²) in [5, 5.41) is 2.50. The number of carbonyl (C=O) groups is 1. The molecule has 8 heteroatoms. The third kappa shape index (κ3) is 2.81. The average molecular weight is 313 g/mol. The molecule has 0 bridgehead atoms. The van der Waals surface area contributed by atoms with E-state index in [0.717, 1.165) is 0 Å². The van der Waals surface area contributed by atoms with E-state index in [1.165, 1.54) is 36.7 Å². The van der Waals surface area contributed by atoms with Crippen LogP contribution in [0.4, 0.5) is 5.69 Å². The van der Waals surface area contributed by atoms with Crippen LogP contribution in [0.1, 0.15) is 12.8 Å². The number of ether oxygens (including phenoxy) is 1. The number of benzene rings is 1. The van der Waals surface area contributed by atoms with Crippen molar-refractivity contribution >= 4 is 21.6 Å². The fraction of sp³-hybridized carbons (Fsp3) is 0.462. The van der Waals surface area contributed by atoms with Gasteiger partial charge < -0.3 is 15.8 Å². The number of amides is 1. The van der Waals surface area contributed by atoms with Gasteiger partial charge in [-0.15, -0.1) is 0 Å². The fourth-order valence-electron chi connectivity index (χ4n) is 2.44. The molecular weight excluding hydrogens is 294 g/mol. The van der Waals surface area contributed by atoms with E-state index in [-0.39, 0.29) is 10.8 Å². The Morgan fingerprint density at radius 3 is 2.81 bits per heavy atom. The molecule has 1 aliphatic rings. The molecule has 1 aromatic carbocycles. The van der Waals surface area contributed by atoms with Crippen molar-refractivity contribution in [3.63, 3.8) is 0 Å². The molecule has 1 saturated heterocycles. The van der Waals surface area contributed by atoms with Gasteiger partial charge in [-0.3, -0.25) is 4.79 Å². The number of carbonyl (C=O) groups excluding carboxylic acids is 1. The predicted octanol–water partition coefficient (Wildman–Crippen LogP) is 0.177. The van der Waals surface area contributed by atoms with Gasteiger partial charge in [-0.1, -0.05) is 0 Å². The Morgan fingerprint density at radius 2 is 2.19 bits per heavy atom. The van der Waals surface area contributed by atoms with Crippen LogP contribution in [0, 0.1) is 0 Å². The van der Waals surface area contributed by atoms with Gasteiger partial charge in [0.1, 0.15) is 11.8 Å². The molecule has 1 heterocycles. The summed E-state index contributed by atoms with van der Waals surface area (Å²) >= 11 is 0. The van der Waals surface area contributed by atoms with Gasteiger partial charge in [0.25, 0.3) is 0 Å². The highest BCUT2D eigenvalue weighted by Crippen LogP contribution is 2.30. The van der Waals surface area contributed by atoms with Crippen LogP contribution in [0.5, 0.6) is 5.75 Å². The van der Waals surface area contributed by atoms with Crippen LogP contribution < -0.4 is 15.8 Å². The minimum absolute atomic E-state index is 0.0735. The topological polar surface area (TPSA) is 102 Å². The van der Waals surface area contributed by atoms with Crippen LogP contribution in [0.15, 0.2) is 23.1 Å². The highest BCUT2D eigenvalue weighted by atomic mass is 32.2. The van der Waals surface area contributed by atoms with E-state index in [1.54, 1.807) is 0 Å². The molecule has 0 aliphatic carbocycles. The first-order valence-electron chi connectivity index (χ1n) is 6.58. The van der Waals surface area contributed by atoms with Crippen molar-refractivity contribution in [2.45, 2.75) is 23.8 Å². The first kappa shape index (κ1) is 15.6. The summed E-state index contributed by atoms with van der Waals surface area (Å²) in [4.78, 5) is 11.9. The number of sulfonamides is 1. The van der Waals surface area contributed by atoms with Gasteiger partial charge >= 0.3 is 0 Å². The predicted molar refractivity (Wildman–Crippen MR) is 78.4 cm³/mol. The summed E-state index contributed by atoms with van der Waals surface area (Å²) in [7, 11) is -0.836. The van der Waals surface area contributed by atoms with Crippen molar-refractivity contribution in [1.82, 2.24) is 9.62 Å². The van der Waals surface area contributed by atoms with Crippen molar-refractivity contribution in [1.29, 1.82) is 0 Å². The van der Waals surface area contributed by atoms with Crippen molar-refractivity contribution in [2.24, 2.45) is 0 Å². The molecule has 1 aliphatic heterocycles. The number of nitrogens with zero attached hydrogens (tertiary/aromatic N) is 1. The lowest BCUT2D eigenvalue weighted by Gasteiger charge is -2.23. The second-order valence-electron chi connectivity index (χ2n) is 4.79. The van der Waals surface area contributed by atoms with Gasteiger partial charge in [0.05, 0.1) is 17.7 Å². The fourth-order valence-corrected chi connectivity index (χ4v) is 4.12. The maximum atomic E-state index is 12.7. The normalized spacial score (nSPS) is 19.4. The highest BCUT2D eigenvalue weighted by molar-refractivity contribution is 7.89. The quantitative estimate of drug-likeness (QED) is 0.772. The van der Waals surface area contributed by atoms with Gasteiger partial charge in [-0.2, -0.15) is 4.31 Å². The Balaban J connectivity index is 2.39. The largest absolute Gasteiger partial charge is 0.495 e. The van der Waals surface area contributed by atoms with E-state index in [0.29, 0.717) is 30.8 Å². The molecule has 1 amide bonds. The maximum Gasteiger partial charge on any atom is 0.243 e. The van der Waals surface area contributed by atoms with Crippen LogP contribution in [0.3, 0.4) is 0 Å². The van der Waals surface area contributed by atoms with Gasteiger partial charge in [0.2, 0.25) is 15.9 Å². The third-order valence-corrected chi connectivity index (χ3v) is 5.47. The van der Waals surface area contributed by atoms with E-state index in [9.17, 15) is 13.2 Å². The number of nitrogens with two attached hydrogens (primary N) is 1. The van der Waals surface area contributed by atoms with E-state index in [1.807, 2.05) is 0 Å². The number of likely N-dealkylation sites (N-methyl/N-ethyl adjacent to an activating group) is 1. The Hall–Kier alpha value is -1.80.